The zero-order valence-corrected chi connectivity index (χ0v) is 12.4. The van der Waals surface area contributed by atoms with Gasteiger partial charge in [-0.15, -0.1) is 0 Å². The van der Waals surface area contributed by atoms with Crippen molar-refractivity contribution in [1.29, 1.82) is 0 Å². The molecule has 106 valence electrons. The highest BCUT2D eigenvalue weighted by Crippen LogP contribution is 2.31. The van der Waals surface area contributed by atoms with E-state index in [0.29, 0.717) is 17.6 Å². The minimum atomic E-state index is 0.397. The van der Waals surface area contributed by atoms with Gasteiger partial charge in [0, 0.05) is 25.7 Å². The number of morpholine rings is 1. The summed E-state index contributed by atoms with van der Waals surface area (Å²) >= 11 is 0. The molecule has 0 bridgehead atoms. The standard InChI is InChI=1S/C15H30N2O/c1-4-15(2,11-16-3)12-17-9-10-18-14-8-6-5-7-13(14)17/h13-14,16H,4-12H2,1-3H3. The Bertz CT molecular complexity index is 257. The van der Waals surface area contributed by atoms with E-state index >= 15 is 0 Å². The van der Waals surface area contributed by atoms with Crippen LogP contribution in [0.25, 0.3) is 0 Å². The van der Waals surface area contributed by atoms with Crippen LogP contribution in [0.2, 0.25) is 0 Å². The molecule has 0 aromatic carbocycles. The second-order valence-corrected chi connectivity index (χ2v) is 6.43. The molecule has 3 nitrogen and oxygen atoms in total. The lowest BCUT2D eigenvalue weighted by Gasteiger charge is -2.47. The summed E-state index contributed by atoms with van der Waals surface area (Å²) in [4.78, 5) is 2.72. The molecule has 0 aromatic heterocycles. The average Bonchev–Trinajstić information content (AvgIpc) is 2.39. The lowest BCUT2D eigenvalue weighted by molar-refractivity contribution is -0.0978. The van der Waals surface area contributed by atoms with Gasteiger partial charge in [-0.1, -0.05) is 26.7 Å². The van der Waals surface area contributed by atoms with Gasteiger partial charge in [-0.25, -0.2) is 0 Å². The third-order valence-corrected chi connectivity index (χ3v) is 4.89. The van der Waals surface area contributed by atoms with Gasteiger partial charge in [0.2, 0.25) is 0 Å². The van der Waals surface area contributed by atoms with E-state index in [0.717, 1.165) is 19.7 Å². The Balaban J connectivity index is 1.97. The molecule has 0 spiro atoms. The van der Waals surface area contributed by atoms with Gasteiger partial charge in [0.15, 0.2) is 0 Å². The lowest BCUT2D eigenvalue weighted by atomic mass is 9.84. The maximum Gasteiger partial charge on any atom is 0.0730 e. The predicted molar refractivity (Wildman–Crippen MR) is 75.9 cm³/mol. The van der Waals surface area contributed by atoms with E-state index in [1.807, 2.05) is 0 Å². The summed E-state index contributed by atoms with van der Waals surface area (Å²) in [6, 6.07) is 0.690. The SMILES string of the molecule is CCC(C)(CNC)CN1CCOC2CCCCC21. The average molecular weight is 254 g/mol. The molecule has 0 radical (unpaired) electrons. The summed E-state index contributed by atoms with van der Waals surface area (Å²) in [5, 5.41) is 3.36. The summed E-state index contributed by atoms with van der Waals surface area (Å²) in [5.74, 6) is 0. The normalized spacial score (nSPS) is 32.8. The van der Waals surface area contributed by atoms with Crippen molar-refractivity contribution in [2.45, 2.75) is 58.1 Å². The van der Waals surface area contributed by atoms with Crippen LogP contribution < -0.4 is 5.32 Å². The van der Waals surface area contributed by atoms with Crippen LogP contribution in [0.1, 0.15) is 46.0 Å². The van der Waals surface area contributed by atoms with Gasteiger partial charge < -0.3 is 10.1 Å². The topological polar surface area (TPSA) is 24.5 Å². The molecule has 1 aliphatic carbocycles. The molecule has 2 fully saturated rings. The van der Waals surface area contributed by atoms with E-state index in [-0.39, 0.29) is 0 Å². The lowest BCUT2D eigenvalue weighted by Crippen LogP contribution is -2.56. The van der Waals surface area contributed by atoms with Crippen molar-refractivity contribution in [2.24, 2.45) is 5.41 Å². The Kier molecular flexibility index (Phi) is 5.05. The molecule has 3 heteroatoms. The van der Waals surface area contributed by atoms with Crippen molar-refractivity contribution >= 4 is 0 Å². The summed E-state index contributed by atoms with van der Waals surface area (Å²) in [6.07, 6.45) is 7.11. The molecular formula is C15H30N2O. The Morgan fingerprint density at radius 3 is 2.83 bits per heavy atom. The molecule has 2 rings (SSSR count). The third-order valence-electron chi connectivity index (χ3n) is 4.89. The maximum absolute atomic E-state index is 5.96. The quantitative estimate of drug-likeness (QED) is 0.814. The molecule has 0 aromatic rings. The van der Waals surface area contributed by atoms with E-state index in [1.165, 1.54) is 38.6 Å². The molecule has 1 aliphatic heterocycles. The van der Waals surface area contributed by atoms with Gasteiger partial charge in [0.25, 0.3) is 0 Å². The van der Waals surface area contributed by atoms with E-state index in [4.69, 9.17) is 4.74 Å². The summed E-state index contributed by atoms with van der Waals surface area (Å²) < 4.78 is 5.96. The highest BCUT2D eigenvalue weighted by atomic mass is 16.5. The first-order chi connectivity index (χ1) is 8.68. The van der Waals surface area contributed by atoms with Crippen molar-refractivity contribution in [3.05, 3.63) is 0 Å². The second-order valence-electron chi connectivity index (χ2n) is 6.43. The number of hydrogen-bond donors (Lipinski definition) is 1. The van der Waals surface area contributed by atoms with Crippen LogP contribution in [-0.2, 0) is 4.74 Å². The third kappa shape index (κ3) is 3.25. The van der Waals surface area contributed by atoms with Crippen molar-refractivity contribution in [3.63, 3.8) is 0 Å². The molecular weight excluding hydrogens is 224 g/mol. The fourth-order valence-corrected chi connectivity index (χ4v) is 3.58. The summed E-state index contributed by atoms with van der Waals surface area (Å²) in [6.45, 7) is 9.11. The van der Waals surface area contributed by atoms with Crippen LogP contribution in [0, 0.1) is 5.41 Å². The van der Waals surface area contributed by atoms with Crippen molar-refractivity contribution in [2.75, 3.05) is 33.3 Å². The summed E-state index contributed by atoms with van der Waals surface area (Å²) in [5.41, 5.74) is 0.397. The number of fused-ring (bicyclic) bond motifs is 1. The molecule has 2 aliphatic rings. The summed E-state index contributed by atoms with van der Waals surface area (Å²) in [7, 11) is 2.07. The number of rotatable bonds is 5. The van der Waals surface area contributed by atoms with E-state index < -0.39 is 0 Å². The van der Waals surface area contributed by atoms with E-state index in [2.05, 4.69) is 31.1 Å². The zero-order valence-electron chi connectivity index (χ0n) is 12.4. The van der Waals surface area contributed by atoms with Gasteiger partial charge in [-0.2, -0.15) is 0 Å². The van der Waals surface area contributed by atoms with Gasteiger partial charge in [-0.3, -0.25) is 4.90 Å². The minimum absolute atomic E-state index is 0.397. The van der Waals surface area contributed by atoms with Crippen LogP contribution >= 0.6 is 0 Å². The fourth-order valence-electron chi connectivity index (χ4n) is 3.58. The van der Waals surface area contributed by atoms with Gasteiger partial charge in [-0.05, 0) is 31.7 Å². The largest absolute Gasteiger partial charge is 0.375 e. The van der Waals surface area contributed by atoms with E-state index in [9.17, 15) is 0 Å². The number of hydrogen-bond acceptors (Lipinski definition) is 3. The Morgan fingerprint density at radius 1 is 1.33 bits per heavy atom. The van der Waals surface area contributed by atoms with Crippen LogP contribution in [0.4, 0.5) is 0 Å². The molecule has 0 amide bonds. The molecule has 3 atom stereocenters. The fraction of sp³-hybridized carbons (Fsp3) is 1.00. The first-order valence-corrected chi connectivity index (χ1v) is 7.69. The monoisotopic (exact) mass is 254 g/mol. The van der Waals surface area contributed by atoms with Crippen LogP contribution in [0.15, 0.2) is 0 Å². The van der Waals surface area contributed by atoms with Gasteiger partial charge >= 0.3 is 0 Å². The molecule has 1 saturated carbocycles. The molecule has 3 unspecified atom stereocenters. The van der Waals surface area contributed by atoms with Crippen LogP contribution in [-0.4, -0.2) is 50.3 Å². The molecule has 1 N–H and O–H groups in total. The molecule has 1 saturated heterocycles. The molecule has 1 heterocycles. The highest BCUT2D eigenvalue weighted by Gasteiger charge is 2.37. The minimum Gasteiger partial charge on any atom is -0.375 e. The number of nitrogens with one attached hydrogen (secondary N) is 1. The zero-order chi connectivity index (χ0) is 13.0. The Hall–Kier alpha value is -0.120. The first-order valence-electron chi connectivity index (χ1n) is 7.69. The predicted octanol–water partition coefficient (Wildman–Crippen LogP) is 2.27. The van der Waals surface area contributed by atoms with Gasteiger partial charge in [0.05, 0.1) is 12.7 Å². The Labute approximate surface area is 112 Å². The van der Waals surface area contributed by atoms with Crippen molar-refractivity contribution in [3.8, 4) is 0 Å². The van der Waals surface area contributed by atoms with Crippen LogP contribution in [0.3, 0.4) is 0 Å². The van der Waals surface area contributed by atoms with Crippen LogP contribution in [0.5, 0.6) is 0 Å². The van der Waals surface area contributed by atoms with Crippen molar-refractivity contribution < 1.29 is 4.74 Å². The number of ether oxygens (including phenoxy) is 1. The first kappa shape index (κ1) is 14.3. The van der Waals surface area contributed by atoms with E-state index in [1.54, 1.807) is 0 Å². The van der Waals surface area contributed by atoms with Gasteiger partial charge in [0.1, 0.15) is 0 Å². The van der Waals surface area contributed by atoms with Crippen molar-refractivity contribution in [1.82, 2.24) is 10.2 Å². The number of nitrogens with zero attached hydrogens (tertiary/aromatic N) is 1. The Morgan fingerprint density at radius 2 is 2.11 bits per heavy atom. The maximum atomic E-state index is 5.96. The highest BCUT2D eigenvalue weighted by molar-refractivity contribution is 4.90. The molecule has 18 heavy (non-hydrogen) atoms. The smallest absolute Gasteiger partial charge is 0.0730 e. The second kappa shape index (κ2) is 6.36.